The second-order valence-electron chi connectivity index (χ2n) is 6.99. The number of hydrogen-bond donors (Lipinski definition) is 1. The van der Waals surface area contributed by atoms with Gasteiger partial charge in [0, 0.05) is 30.9 Å². The molecule has 1 atom stereocenters. The SMILES string of the molecule is C=CC(CNCc1ccc(C)cc1)(Cc1ccc(F)cc1)c1ccncc1. The molecule has 0 spiro atoms. The largest absolute Gasteiger partial charge is 0.311 e. The van der Waals surface area contributed by atoms with E-state index in [0.29, 0.717) is 0 Å². The summed E-state index contributed by atoms with van der Waals surface area (Å²) in [6.07, 6.45) is 6.34. The maximum Gasteiger partial charge on any atom is 0.123 e. The van der Waals surface area contributed by atoms with Crippen molar-refractivity contribution >= 4 is 0 Å². The molecule has 3 rings (SSSR count). The quantitative estimate of drug-likeness (QED) is 0.573. The number of pyridine rings is 1. The van der Waals surface area contributed by atoms with Gasteiger partial charge in [0.2, 0.25) is 0 Å². The Morgan fingerprint density at radius 3 is 2.22 bits per heavy atom. The van der Waals surface area contributed by atoms with Crippen molar-refractivity contribution in [3.05, 3.63) is 114 Å². The van der Waals surface area contributed by atoms with E-state index in [2.05, 4.69) is 48.1 Å². The number of benzene rings is 2. The Hall–Kier alpha value is -2.78. The van der Waals surface area contributed by atoms with Gasteiger partial charge in [-0.1, -0.05) is 48.0 Å². The van der Waals surface area contributed by atoms with Crippen LogP contribution >= 0.6 is 0 Å². The number of hydrogen-bond acceptors (Lipinski definition) is 2. The Labute approximate surface area is 160 Å². The van der Waals surface area contributed by atoms with E-state index in [-0.39, 0.29) is 11.2 Å². The molecule has 0 aliphatic carbocycles. The molecule has 0 aliphatic heterocycles. The third kappa shape index (κ3) is 4.89. The Kier molecular flexibility index (Phi) is 6.15. The average molecular weight is 360 g/mol. The first-order valence-corrected chi connectivity index (χ1v) is 9.16. The molecule has 0 saturated heterocycles. The van der Waals surface area contributed by atoms with Crippen molar-refractivity contribution in [2.24, 2.45) is 0 Å². The fraction of sp³-hybridized carbons (Fsp3) is 0.208. The molecule has 2 nitrogen and oxygen atoms in total. The summed E-state index contributed by atoms with van der Waals surface area (Å²) < 4.78 is 13.3. The van der Waals surface area contributed by atoms with Crippen molar-refractivity contribution in [1.29, 1.82) is 0 Å². The minimum atomic E-state index is -0.300. The Bertz CT molecular complexity index is 857. The van der Waals surface area contributed by atoms with Crippen LogP contribution in [0.25, 0.3) is 0 Å². The topological polar surface area (TPSA) is 24.9 Å². The maximum atomic E-state index is 13.3. The second-order valence-corrected chi connectivity index (χ2v) is 6.99. The van der Waals surface area contributed by atoms with E-state index in [1.165, 1.54) is 23.3 Å². The molecule has 2 aromatic carbocycles. The van der Waals surface area contributed by atoms with E-state index in [1.807, 2.05) is 30.3 Å². The fourth-order valence-corrected chi connectivity index (χ4v) is 3.31. The zero-order valence-corrected chi connectivity index (χ0v) is 15.7. The molecule has 0 radical (unpaired) electrons. The van der Waals surface area contributed by atoms with Crippen LogP contribution < -0.4 is 5.32 Å². The Morgan fingerprint density at radius 1 is 0.963 bits per heavy atom. The third-order valence-corrected chi connectivity index (χ3v) is 4.97. The van der Waals surface area contributed by atoms with Crippen LogP contribution in [0.5, 0.6) is 0 Å². The standard InChI is InChI=1S/C24H25FN2/c1-3-24(22-12-14-26-15-13-22,16-20-8-10-23(25)11-9-20)18-27-17-21-6-4-19(2)5-7-21/h3-15,27H,1,16-18H2,2H3. The molecular formula is C24H25FN2. The monoisotopic (exact) mass is 360 g/mol. The minimum absolute atomic E-state index is 0.218. The molecule has 27 heavy (non-hydrogen) atoms. The predicted octanol–water partition coefficient (Wildman–Crippen LogP) is 4.99. The molecule has 0 bridgehead atoms. The van der Waals surface area contributed by atoms with Crippen molar-refractivity contribution in [1.82, 2.24) is 10.3 Å². The average Bonchev–Trinajstić information content (AvgIpc) is 2.71. The Morgan fingerprint density at radius 2 is 1.59 bits per heavy atom. The molecule has 1 aromatic heterocycles. The zero-order chi connectivity index (χ0) is 19.1. The van der Waals surface area contributed by atoms with E-state index in [0.717, 1.165) is 30.6 Å². The van der Waals surface area contributed by atoms with Crippen molar-refractivity contribution in [3.63, 3.8) is 0 Å². The highest BCUT2D eigenvalue weighted by Crippen LogP contribution is 2.29. The molecule has 3 aromatic rings. The number of nitrogens with one attached hydrogen (secondary N) is 1. The van der Waals surface area contributed by atoms with Gasteiger partial charge in [0.1, 0.15) is 5.82 Å². The third-order valence-electron chi connectivity index (χ3n) is 4.97. The van der Waals surface area contributed by atoms with Gasteiger partial charge in [-0.15, -0.1) is 6.58 Å². The molecule has 0 amide bonds. The van der Waals surface area contributed by atoms with Gasteiger partial charge in [-0.25, -0.2) is 4.39 Å². The number of nitrogens with zero attached hydrogens (tertiary/aromatic N) is 1. The van der Waals surface area contributed by atoms with Crippen LogP contribution in [0.15, 0.2) is 85.7 Å². The number of aryl methyl sites for hydroxylation is 1. The lowest BCUT2D eigenvalue weighted by atomic mass is 9.75. The van der Waals surface area contributed by atoms with E-state index in [9.17, 15) is 4.39 Å². The lowest BCUT2D eigenvalue weighted by Crippen LogP contribution is -2.38. The summed E-state index contributed by atoms with van der Waals surface area (Å²) in [7, 11) is 0. The molecule has 1 N–H and O–H groups in total. The summed E-state index contributed by atoms with van der Waals surface area (Å²) in [5, 5.41) is 3.58. The van der Waals surface area contributed by atoms with Gasteiger partial charge in [-0.2, -0.15) is 0 Å². The highest BCUT2D eigenvalue weighted by atomic mass is 19.1. The molecular weight excluding hydrogens is 335 g/mol. The van der Waals surface area contributed by atoms with Crippen LogP contribution in [0.4, 0.5) is 4.39 Å². The number of rotatable bonds is 8. The summed E-state index contributed by atoms with van der Waals surface area (Å²) in [4.78, 5) is 4.14. The summed E-state index contributed by atoms with van der Waals surface area (Å²) >= 11 is 0. The first-order chi connectivity index (χ1) is 13.1. The number of halogens is 1. The van der Waals surface area contributed by atoms with Gasteiger partial charge in [0.15, 0.2) is 0 Å². The molecule has 138 valence electrons. The van der Waals surface area contributed by atoms with Gasteiger partial charge >= 0.3 is 0 Å². The van der Waals surface area contributed by atoms with Crippen LogP contribution in [0.3, 0.4) is 0 Å². The second kappa shape index (κ2) is 8.74. The van der Waals surface area contributed by atoms with Crippen LogP contribution in [0.2, 0.25) is 0 Å². The lowest BCUT2D eigenvalue weighted by Gasteiger charge is -2.32. The first kappa shape index (κ1) is 19.0. The molecule has 0 saturated carbocycles. The predicted molar refractivity (Wildman–Crippen MR) is 109 cm³/mol. The smallest absolute Gasteiger partial charge is 0.123 e. The maximum absolute atomic E-state index is 13.3. The van der Waals surface area contributed by atoms with E-state index < -0.39 is 0 Å². The van der Waals surface area contributed by atoms with Crippen LogP contribution in [-0.4, -0.2) is 11.5 Å². The first-order valence-electron chi connectivity index (χ1n) is 9.16. The van der Waals surface area contributed by atoms with Gasteiger partial charge in [0.25, 0.3) is 0 Å². The van der Waals surface area contributed by atoms with Gasteiger partial charge in [-0.05, 0) is 54.3 Å². The Balaban J connectivity index is 1.81. The zero-order valence-electron chi connectivity index (χ0n) is 15.7. The summed E-state index contributed by atoms with van der Waals surface area (Å²) in [6, 6.07) is 19.3. The van der Waals surface area contributed by atoms with Crippen molar-refractivity contribution < 1.29 is 4.39 Å². The summed E-state index contributed by atoms with van der Waals surface area (Å²) in [5.41, 5.74) is 4.42. The molecule has 1 heterocycles. The van der Waals surface area contributed by atoms with Gasteiger partial charge in [0.05, 0.1) is 0 Å². The normalized spacial score (nSPS) is 13.1. The van der Waals surface area contributed by atoms with Crippen molar-refractivity contribution in [2.75, 3.05) is 6.54 Å². The molecule has 0 aliphatic rings. The highest BCUT2D eigenvalue weighted by molar-refractivity contribution is 5.34. The van der Waals surface area contributed by atoms with Crippen LogP contribution in [-0.2, 0) is 18.4 Å². The molecule has 0 fully saturated rings. The minimum Gasteiger partial charge on any atom is -0.311 e. The van der Waals surface area contributed by atoms with E-state index in [1.54, 1.807) is 12.4 Å². The van der Waals surface area contributed by atoms with Gasteiger partial charge in [-0.3, -0.25) is 4.98 Å². The molecule has 1 unspecified atom stereocenters. The summed E-state index contributed by atoms with van der Waals surface area (Å²) in [5.74, 6) is -0.218. The van der Waals surface area contributed by atoms with E-state index >= 15 is 0 Å². The van der Waals surface area contributed by atoms with Crippen LogP contribution in [0, 0.1) is 12.7 Å². The number of aromatic nitrogens is 1. The van der Waals surface area contributed by atoms with Crippen molar-refractivity contribution in [2.45, 2.75) is 25.3 Å². The van der Waals surface area contributed by atoms with Gasteiger partial charge < -0.3 is 5.32 Å². The van der Waals surface area contributed by atoms with Crippen LogP contribution in [0.1, 0.15) is 22.3 Å². The van der Waals surface area contributed by atoms with Crippen molar-refractivity contribution in [3.8, 4) is 0 Å². The lowest BCUT2D eigenvalue weighted by molar-refractivity contribution is 0.475. The summed E-state index contributed by atoms with van der Waals surface area (Å²) in [6.45, 7) is 7.73. The fourth-order valence-electron chi connectivity index (χ4n) is 3.31. The van der Waals surface area contributed by atoms with E-state index in [4.69, 9.17) is 0 Å². The molecule has 3 heteroatoms. The highest BCUT2D eigenvalue weighted by Gasteiger charge is 2.29.